The van der Waals surface area contributed by atoms with Gasteiger partial charge in [-0.05, 0) is 49.1 Å². The number of carbonyl (C=O) groups is 3. The minimum Gasteiger partial charge on any atom is -0.459 e. The van der Waals surface area contributed by atoms with Gasteiger partial charge in [-0.25, -0.2) is 13.2 Å². The molecule has 9 nitrogen and oxygen atoms in total. The first-order valence-corrected chi connectivity index (χ1v) is 12.5. The van der Waals surface area contributed by atoms with E-state index in [1.807, 2.05) is 13.8 Å². The number of sulfone groups is 1. The lowest BCUT2D eigenvalue weighted by molar-refractivity contribution is -0.137. The van der Waals surface area contributed by atoms with Crippen LogP contribution < -0.4 is 5.32 Å². The molecule has 1 aliphatic heterocycles. The second kappa shape index (κ2) is 10.2. The van der Waals surface area contributed by atoms with Gasteiger partial charge in [0.15, 0.2) is 22.2 Å². The van der Waals surface area contributed by atoms with E-state index in [1.54, 1.807) is 25.1 Å². The van der Waals surface area contributed by atoms with Gasteiger partial charge in [0.2, 0.25) is 0 Å². The molecule has 33 heavy (non-hydrogen) atoms. The molecule has 1 N–H and O–H groups in total. The van der Waals surface area contributed by atoms with Crippen molar-refractivity contribution < 1.29 is 32.0 Å². The molecule has 2 aromatic rings. The van der Waals surface area contributed by atoms with Gasteiger partial charge in [0.25, 0.3) is 11.8 Å². The molecule has 0 aliphatic carbocycles. The summed E-state index contributed by atoms with van der Waals surface area (Å²) >= 11 is 0. The molecule has 1 aromatic carbocycles. The van der Waals surface area contributed by atoms with Crippen molar-refractivity contribution in [1.82, 2.24) is 4.90 Å². The minimum atomic E-state index is -3.16. The maximum Gasteiger partial charge on any atom is 0.338 e. The van der Waals surface area contributed by atoms with Crippen LogP contribution in [0.15, 0.2) is 41.0 Å². The summed E-state index contributed by atoms with van der Waals surface area (Å²) in [6.07, 6.45) is 1.77. The number of ether oxygens (including phenoxy) is 1. The predicted octanol–water partition coefficient (Wildman–Crippen LogP) is 2.67. The lowest BCUT2D eigenvalue weighted by Crippen LogP contribution is -2.45. The average molecular weight is 477 g/mol. The summed E-state index contributed by atoms with van der Waals surface area (Å²) in [6, 6.07) is 7.37. The molecule has 10 heteroatoms. The number of amides is 2. The third-order valence-electron chi connectivity index (χ3n) is 5.32. The van der Waals surface area contributed by atoms with Gasteiger partial charge in [-0.15, -0.1) is 0 Å². The zero-order valence-electron chi connectivity index (χ0n) is 18.9. The third kappa shape index (κ3) is 6.44. The van der Waals surface area contributed by atoms with Crippen LogP contribution in [0, 0.1) is 12.8 Å². The lowest BCUT2D eigenvalue weighted by atomic mass is 10.1. The largest absolute Gasteiger partial charge is 0.459 e. The van der Waals surface area contributed by atoms with Crippen LogP contribution in [0.1, 0.15) is 46.7 Å². The van der Waals surface area contributed by atoms with E-state index in [9.17, 15) is 22.8 Å². The van der Waals surface area contributed by atoms with Crippen LogP contribution in [0.25, 0.3) is 0 Å². The maximum atomic E-state index is 12.8. The van der Waals surface area contributed by atoms with Crippen molar-refractivity contribution in [3.05, 3.63) is 53.5 Å². The molecule has 2 amide bonds. The number of aryl methyl sites for hydroxylation is 1. The Labute approximate surface area is 193 Å². The standard InChI is InChI=1S/C23H28N2O7S/c1-15(2)12-25(18-8-10-33(29,30)14-18)21(26)13-32-23(28)17-7-6-16(3)19(11-17)24-22(27)20-5-4-9-31-20/h4-7,9,11,15,18H,8,10,12-14H2,1-3H3,(H,24,27). The van der Waals surface area contributed by atoms with E-state index >= 15 is 0 Å². The van der Waals surface area contributed by atoms with Crippen molar-refractivity contribution in [2.45, 2.75) is 33.2 Å². The molecule has 1 saturated heterocycles. The average Bonchev–Trinajstić information content (AvgIpc) is 3.41. The number of furan rings is 1. The Balaban J connectivity index is 1.65. The number of anilines is 1. The highest BCUT2D eigenvalue weighted by Crippen LogP contribution is 2.21. The molecular weight excluding hydrogens is 448 g/mol. The first-order valence-electron chi connectivity index (χ1n) is 10.7. The molecule has 178 valence electrons. The molecule has 1 aliphatic rings. The Kier molecular flexibility index (Phi) is 7.57. The van der Waals surface area contributed by atoms with E-state index in [1.165, 1.54) is 23.3 Å². The summed E-state index contributed by atoms with van der Waals surface area (Å²) in [5, 5.41) is 2.68. The lowest BCUT2D eigenvalue weighted by Gasteiger charge is -2.29. The number of nitrogens with zero attached hydrogens (tertiary/aromatic N) is 1. The Morgan fingerprint density at radius 2 is 2.00 bits per heavy atom. The molecule has 1 fully saturated rings. The van der Waals surface area contributed by atoms with Crippen LogP contribution >= 0.6 is 0 Å². The molecule has 0 saturated carbocycles. The molecule has 0 spiro atoms. The number of hydrogen-bond acceptors (Lipinski definition) is 7. The summed E-state index contributed by atoms with van der Waals surface area (Å²) in [7, 11) is -3.16. The van der Waals surface area contributed by atoms with Crippen LogP contribution in [-0.2, 0) is 19.4 Å². The van der Waals surface area contributed by atoms with Crippen LogP contribution in [0.4, 0.5) is 5.69 Å². The fourth-order valence-corrected chi connectivity index (χ4v) is 5.37. The summed E-state index contributed by atoms with van der Waals surface area (Å²) in [5.74, 6) is -1.37. The molecule has 3 rings (SSSR count). The van der Waals surface area contributed by atoms with Crippen LogP contribution in [-0.4, -0.2) is 61.8 Å². The van der Waals surface area contributed by atoms with E-state index in [0.29, 0.717) is 18.7 Å². The smallest absolute Gasteiger partial charge is 0.338 e. The van der Waals surface area contributed by atoms with E-state index in [4.69, 9.17) is 9.15 Å². The summed E-state index contributed by atoms with van der Waals surface area (Å²) in [5.41, 5.74) is 1.31. The van der Waals surface area contributed by atoms with Gasteiger partial charge in [-0.3, -0.25) is 9.59 Å². The number of benzene rings is 1. The topological polar surface area (TPSA) is 123 Å². The fraction of sp³-hybridized carbons (Fsp3) is 0.435. The molecule has 0 radical (unpaired) electrons. The highest BCUT2D eigenvalue weighted by atomic mass is 32.2. The first kappa shape index (κ1) is 24.5. The number of esters is 1. The Morgan fingerprint density at radius 3 is 2.61 bits per heavy atom. The van der Waals surface area contributed by atoms with Crippen molar-refractivity contribution in [3.8, 4) is 0 Å². The van der Waals surface area contributed by atoms with Crippen molar-refractivity contribution in [1.29, 1.82) is 0 Å². The highest BCUT2D eigenvalue weighted by Gasteiger charge is 2.35. The van der Waals surface area contributed by atoms with Gasteiger partial charge in [0, 0.05) is 18.3 Å². The third-order valence-corrected chi connectivity index (χ3v) is 7.07. The normalized spacial score (nSPS) is 17.0. The Morgan fingerprint density at radius 1 is 1.24 bits per heavy atom. The monoisotopic (exact) mass is 476 g/mol. The van der Waals surface area contributed by atoms with Gasteiger partial charge >= 0.3 is 5.97 Å². The van der Waals surface area contributed by atoms with Gasteiger partial charge < -0.3 is 19.4 Å². The molecular formula is C23H28N2O7S. The van der Waals surface area contributed by atoms with E-state index < -0.39 is 40.3 Å². The molecule has 0 bridgehead atoms. The summed E-state index contributed by atoms with van der Waals surface area (Å²) in [6.45, 7) is 5.52. The van der Waals surface area contributed by atoms with Gasteiger partial charge in [-0.2, -0.15) is 0 Å². The molecule has 1 aromatic heterocycles. The zero-order chi connectivity index (χ0) is 24.2. The molecule has 1 atom stereocenters. The number of hydrogen-bond donors (Lipinski definition) is 1. The SMILES string of the molecule is Cc1ccc(C(=O)OCC(=O)N(CC(C)C)C2CCS(=O)(=O)C2)cc1NC(=O)c1ccco1. The van der Waals surface area contributed by atoms with E-state index in [2.05, 4.69) is 5.32 Å². The quantitative estimate of drug-likeness (QED) is 0.581. The highest BCUT2D eigenvalue weighted by molar-refractivity contribution is 7.91. The second-order valence-electron chi connectivity index (χ2n) is 8.53. The summed E-state index contributed by atoms with van der Waals surface area (Å²) < 4.78 is 34.0. The van der Waals surface area contributed by atoms with Crippen molar-refractivity contribution in [2.24, 2.45) is 5.92 Å². The van der Waals surface area contributed by atoms with Crippen molar-refractivity contribution in [3.63, 3.8) is 0 Å². The molecule has 2 heterocycles. The maximum absolute atomic E-state index is 12.8. The molecule has 1 unspecified atom stereocenters. The minimum absolute atomic E-state index is 0.0508. The fourth-order valence-electron chi connectivity index (χ4n) is 3.64. The zero-order valence-corrected chi connectivity index (χ0v) is 19.7. The van der Waals surface area contributed by atoms with Gasteiger partial charge in [-0.1, -0.05) is 19.9 Å². The van der Waals surface area contributed by atoms with E-state index in [-0.39, 0.29) is 28.7 Å². The number of nitrogens with one attached hydrogen (secondary N) is 1. The van der Waals surface area contributed by atoms with Crippen LogP contribution in [0.5, 0.6) is 0 Å². The second-order valence-corrected chi connectivity index (χ2v) is 10.8. The Bertz CT molecular complexity index is 1120. The summed E-state index contributed by atoms with van der Waals surface area (Å²) in [4.78, 5) is 39.1. The number of rotatable bonds is 8. The number of carbonyl (C=O) groups excluding carboxylic acids is 3. The van der Waals surface area contributed by atoms with Gasteiger partial charge in [0.1, 0.15) is 0 Å². The predicted molar refractivity (Wildman–Crippen MR) is 122 cm³/mol. The van der Waals surface area contributed by atoms with Crippen LogP contribution in [0.3, 0.4) is 0 Å². The van der Waals surface area contributed by atoms with Crippen molar-refractivity contribution in [2.75, 3.05) is 30.0 Å². The van der Waals surface area contributed by atoms with E-state index in [0.717, 1.165) is 5.56 Å². The van der Waals surface area contributed by atoms with Crippen LogP contribution in [0.2, 0.25) is 0 Å². The first-order chi connectivity index (χ1) is 15.6. The van der Waals surface area contributed by atoms with Gasteiger partial charge in [0.05, 0.1) is 23.3 Å². The Hall–Kier alpha value is -3.14. The van der Waals surface area contributed by atoms with Crippen molar-refractivity contribution >= 4 is 33.3 Å².